The molecule has 8 rings (SSSR count). The normalized spacial score (nSPS) is 29.1. The number of aliphatic hydroxyl groups is 1. The third-order valence-corrected chi connectivity index (χ3v) is 11.3. The Morgan fingerprint density at radius 1 is 1.02 bits per heavy atom. The molecule has 1 aromatic heterocycles. The molecule has 9 nitrogen and oxygen atoms in total. The van der Waals surface area contributed by atoms with Crippen molar-refractivity contribution in [2.24, 2.45) is 17.8 Å². The lowest BCUT2D eigenvalue weighted by molar-refractivity contribution is -0.140. The summed E-state index contributed by atoms with van der Waals surface area (Å²) in [7, 11) is 1.73. The fourth-order valence-corrected chi connectivity index (χ4v) is 9.29. The van der Waals surface area contributed by atoms with Crippen LogP contribution < -0.4 is 5.32 Å². The number of aromatic nitrogens is 1. The fraction of sp³-hybridized carbons (Fsp3) is 0.514. The first-order valence-electron chi connectivity index (χ1n) is 16.2. The number of aromatic amines is 1. The van der Waals surface area contributed by atoms with Gasteiger partial charge in [0, 0.05) is 48.0 Å². The van der Waals surface area contributed by atoms with Crippen LogP contribution in [0.4, 0.5) is 4.79 Å². The first kappa shape index (κ1) is 30.3. The number of carbonyl (C=O) groups excluding carboxylic acids is 3. The average molecular weight is 678 g/mol. The van der Waals surface area contributed by atoms with Crippen LogP contribution in [-0.2, 0) is 27.3 Å². The molecule has 45 heavy (non-hydrogen) atoms. The summed E-state index contributed by atoms with van der Waals surface area (Å²) < 4.78 is 7.18. The zero-order valence-corrected chi connectivity index (χ0v) is 27.2. The van der Waals surface area contributed by atoms with Gasteiger partial charge >= 0.3 is 6.09 Å². The van der Waals surface area contributed by atoms with E-state index in [1.807, 2.05) is 54.7 Å². The van der Waals surface area contributed by atoms with Crippen molar-refractivity contribution >= 4 is 44.7 Å². The molecule has 3 amide bonds. The molecule has 3 aromatic rings. The molecule has 3 atom stereocenters. The number of H-pyrrole nitrogens is 1. The predicted molar refractivity (Wildman–Crippen MR) is 173 cm³/mol. The Kier molecular flexibility index (Phi) is 8.14. The van der Waals surface area contributed by atoms with Crippen LogP contribution in [-0.4, -0.2) is 75.2 Å². The number of para-hydroxylation sites is 1. The van der Waals surface area contributed by atoms with Crippen LogP contribution in [0.5, 0.6) is 0 Å². The zero-order chi connectivity index (χ0) is 31.3. The molecule has 10 heteroatoms. The van der Waals surface area contributed by atoms with Crippen LogP contribution in [0.25, 0.3) is 10.9 Å². The summed E-state index contributed by atoms with van der Waals surface area (Å²) in [5, 5.41) is 14.6. The number of nitrogens with zero attached hydrogens (tertiary/aromatic N) is 2. The smallest absolute Gasteiger partial charge is 0.411 e. The number of fused-ring (bicyclic) bond motifs is 1. The Morgan fingerprint density at radius 3 is 2.40 bits per heavy atom. The van der Waals surface area contributed by atoms with Gasteiger partial charge in [0.1, 0.15) is 17.7 Å². The number of hydrogen-bond donors (Lipinski definition) is 3. The Bertz CT molecular complexity index is 1570. The monoisotopic (exact) mass is 676 g/mol. The number of halogens is 1. The van der Waals surface area contributed by atoms with E-state index in [0.717, 1.165) is 45.8 Å². The summed E-state index contributed by atoms with van der Waals surface area (Å²) in [6.45, 7) is 0.387. The lowest BCUT2D eigenvalue weighted by Crippen LogP contribution is -2.57. The number of rotatable bonds is 8. The van der Waals surface area contributed by atoms with Crippen LogP contribution in [0.2, 0.25) is 0 Å². The van der Waals surface area contributed by atoms with E-state index in [-0.39, 0.29) is 25.3 Å². The van der Waals surface area contributed by atoms with Crippen LogP contribution >= 0.6 is 15.9 Å². The highest BCUT2D eigenvalue weighted by atomic mass is 79.9. The minimum absolute atomic E-state index is 0.0340. The van der Waals surface area contributed by atoms with Crippen molar-refractivity contribution in [3.05, 3.63) is 70.3 Å². The number of aliphatic hydroxyl groups excluding tert-OH is 1. The number of ether oxygens (including phenoxy) is 1. The summed E-state index contributed by atoms with van der Waals surface area (Å²) in [5.41, 5.74) is 2.35. The molecule has 3 N–H and O–H groups in total. The topological polar surface area (TPSA) is 115 Å². The molecule has 3 unspecified atom stereocenters. The molecule has 0 radical (unpaired) electrons. The SMILES string of the molecule is CN(Cc1ccccc1Br)C(=O)C(Cc1c[nH]c2ccccc12)NC(=O)C1CC(O)CN1C(=O)OC12CC3CC(CC(C3)C1)C2. The standard InChI is InChI=1S/C35H41BrN4O5/c1-39(19-24-6-2-4-8-28(24)36)33(43)30(13-25-18-37-29-9-5-3-7-27(25)29)38-32(42)31-14-26(41)20-40(31)34(44)45-35-15-21-10-22(16-35)12-23(11-21)17-35/h2-9,18,21-23,26,30-31,37,41H,10-17,19-20H2,1H3,(H,38,42). The largest absolute Gasteiger partial charge is 0.443 e. The molecule has 5 fully saturated rings. The highest BCUT2D eigenvalue weighted by molar-refractivity contribution is 9.10. The van der Waals surface area contributed by atoms with E-state index in [4.69, 9.17) is 4.74 Å². The molecule has 4 bridgehead atoms. The van der Waals surface area contributed by atoms with Gasteiger partial charge in [0.05, 0.1) is 12.6 Å². The number of carbonyl (C=O) groups is 3. The molecule has 1 aliphatic heterocycles. The van der Waals surface area contributed by atoms with Crippen molar-refractivity contribution < 1.29 is 24.2 Å². The summed E-state index contributed by atoms with van der Waals surface area (Å²) in [4.78, 5) is 47.9. The minimum Gasteiger partial charge on any atom is -0.443 e. The molecule has 1 saturated heterocycles. The number of hydrogen-bond acceptors (Lipinski definition) is 5. The second-order valence-corrected chi connectivity index (χ2v) is 14.8. The number of amides is 3. The second kappa shape index (κ2) is 12.1. The van der Waals surface area contributed by atoms with E-state index >= 15 is 0 Å². The number of benzene rings is 2. The van der Waals surface area contributed by atoms with Gasteiger partial charge in [0.25, 0.3) is 0 Å². The van der Waals surface area contributed by atoms with E-state index in [1.165, 1.54) is 24.2 Å². The highest BCUT2D eigenvalue weighted by Gasteiger charge is 2.54. The minimum atomic E-state index is -0.923. The van der Waals surface area contributed by atoms with Crippen molar-refractivity contribution in [2.75, 3.05) is 13.6 Å². The lowest BCUT2D eigenvalue weighted by Gasteiger charge is -2.55. The molecular weight excluding hydrogens is 636 g/mol. The number of likely N-dealkylation sites (N-methyl/N-ethyl adjacent to an activating group) is 1. The van der Waals surface area contributed by atoms with Gasteiger partial charge in [-0.3, -0.25) is 14.5 Å². The predicted octanol–water partition coefficient (Wildman–Crippen LogP) is 5.16. The molecule has 2 heterocycles. The molecule has 0 spiro atoms. The number of likely N-dealkylation sites (tertiary alicyclic amines) is 1. The van der Waals surface area contributed by atoms with Gasteiger partial charge in [-0.15, -0.1) is 0 Å². The highest BCUT2D eigenvalue weighted by Crippen LogP contribution is 2.57. The zero-order valence-electron chi connectivity index (χ0n) is 25.6. The van der Waals surface area contributed by atoms with Crippen LogP contribution in [0.15, 0.2) is 59.2 Å². The first-order valence-corrected chi connectivity index (χ1v) is 17.0. The summed E-state index contributed by atoms with van der Waals surface area (Å²) in [6, 6.07) is 13.8. The van der Waals surface area contributed by atoms with E-state index in [9.17, 15) is 19.5 Å². The molecule has 2 aromatic carbocycles. The molecule has 4 aliphatic carbocycles. The molecule has 5 aliphatic rings. The Hall–Kier alpha value is -3.37. The maximum absolute atomic E-state index is 14.0. The molecular formula is C35H41BrN4O5. The summed E-state index contributed by atoms with van der Waals surface area (Å²) in [6.07, 6.45) is 7.23. The Morgan fingerprint density at radius 2 is 1.69 bits per heavy atom. The van der Waals surface area contributed by atoms with Crippen LogP contribution in [0.1, 0.15) is 56.1 Å². The maximum Gasteiger partial charge on any atom is 0.411 e. The van der Waals surface area contributed by atoms with Gasteiger partial charge in [-0.2, -0.15) is 0 Å². The lowest BCUT2D eigenvalue weighted by atomic mass is 9.54. The second-order valence-electron chi connectivity index (χ2n) is 13.9. The third-order valence-electron chi connectivity index (χ3n) is 10.6. The Balaban J connectivity index is 1.10. The Labute approximate surface area is 271 Å². The molecule has 238 valence electrons. The van der Waals surface area contributed by atoms with E-state index in [1.54, 1.807) is 11.9 Å². The number of β-amino-alcohol motifs (C(OH)–C–C–N with tert-alkyl or cyclic N) is 1. The fourth-order valence-electron chi connectivity index (χ4n) is 8.88. The van der Waals surface area contributed by atoms with E-state index in [0.29, 0.717) is 24.3 Å². The van der Waals surface area contributed by atoms with E-state index < -0.39 is 35.8 Å². The van der Waals surface area contributed by atoms with Crippen molar-refractivity contribution in [1.29, 1.82) is 0 Å². The van der Waals surface area contributed by atoms with Crippen molar-refractivity contribution in [2.45, 2.75) is 81.7 Å². The maximum atomic E-state index is 14.0. The average Bonchev–Trinajstić information content (AvgIpc) is 3.60. The van der Waals surface area contributed by atoms with Crippen LogP contribution in [0, 0.1) is 17.8 Å². The van der Waals surface area contributed by atoms with Crippen molar-refractivity contribution in [3.63, 3.8) is 0 Å². The van der Waals surface area contributed by atoms with Gasteiger partial charge in [-0.05, 0) is 79.5 Å². The quantitative estimate of drug-likeness (QED) is 0.305. The number of nitrogens with one attached hydrogen (secondary N) is 2. The van der Waals surface area contributed by atoms with Gasteiger partial charge in [-0.1, -0.05) is 52.3 Å². The first-order chi connectivity index (χ1) is 21.7. The summed E-state index contributed by atoms with van der Waals surface area (Å²) >= 11 is 3.57. The van der Waals surface area contributed by atoms with Gasteiger partial charge in [-0.25, -0.2) is 4.79 Å². The van der Waals surface area contributed by atoms with Gasteiger partial charge in [0.15, 0.2) is 0 Å². The summed E-state index contributed by atoms with van der Waals surface area (Å²) in [5.74, 6) is 1.12. The molecule has 4 saturated carbocycles. The third kappa shape index (κ3) is 6.11. The van der Waals surface area contributed by atoms with Gasteiger partial charge in [0.2, 0.25) is 11.8 Å². The van der Waals surface area contributed by atoms with Gasteiger partial charge < -0.3 is 25.0 Å². The van der Waals surface area contributed by atoms with E-state index in [2.05, 4.69) is 26.2 Å². The van der Waals surface area contributed by atoms with Crippen LogP contribution in [0.3, 0.4) is 0 Å². The van der Waals surface area contributed by atoms with Crippen molar-refractivity contribution in [3.8, 4) is 0 Å². The van der Waals surface area contributed by atoms with Crippen molar-refractivity contribution in [1.82, 2.24) is 20.1 Å².